The Morgan fingerprint density at radius 3 is 3.09 bits per heavy atom. The van der Waals surface area contributed by atoms with Crippen LogP contribution in [0, 0.1) is 0 Å². The van der Waals surface area contributed by atoms with Crippen LogP contribution in [0.15, 0.2) is 18.3 Å². The summed E-state index contributed by atoms with van der Waals surface area (Å²) in [6.07, 6.45) is 1.68. The second kappa shape index (κ2) is 4.31. The van der Waals surface area contributed by atoms with Crippen LogP contribution in [0.25, 0.3) is 0 Å². The Hall–Kier alpha value is -0.600. The molecule has 11 heavy (non-hydrogen) atoms. The summed E-state index contributed by atoms with van der Waals surface area (Å²) in [4.78, 5) is 4.07. The van der Waals surface area contributed by atoms with E-state index in [0.29, 0.717) is 18.2 Å². The summed E-state index contributed by atoms with van der Waals surface area (Å²) in [7, 11) is 0. The maximum Gasteiger partial charge on any atom is 0.0888 e. The van der Waals surface area contributed by atoms with E-state index in [1.54, 1.807) is 18.3 Å². The van der Waals surface area contributed by atoms with E-state index in [0.717, 1.165) is 5.69 Å². The second-order valence-electron chi connectivity index (χ2n) is 2.10. The molecule has 0 fully saturated rings. The van der Waals surface area contributed by atoms with Crippen molar-refractivity contribution in [2.75, 3.05) is 6.61 Å². The molecule has 0 amide bonds. The minimum atomic E-state index is 0.539. The molecule has 1 rings (SSSR count). The average molecular weight is 172 g/mol. The maximum atomic E-state index is 5.73. The smallest absolute Gasteiger partial charge is 0.0888 e. The summed E-state index contributed by atoms with van der Waals surface area (Å²) >= 11 is 5.73. The first kappa shape index (κ1) is 8.50. The SMILES string of the molecule is CCOCc1cc(Cl)ccn1. The number of rotatable bonds is 3. The van der Waals surface area contributed by atoms with Gasteiger partial charge in [-0.3, -0.25) is 4.98 Å². The van der Waals surface area contributed by atoms with Gasteiger partial charge in [-0.1, -0.05) is 11.6 Å². The molecule has 2 nitrogen and oxygen atoms in total. The van der Waals surface area contributed by atoms with Crippen molar-refractivity contribution in [2.45, 2.75) is 13.5 Å². The van der Waals surface area contributed by atoms with Gasteiger partial charge in [0.15, 0.2) is 0 Å². The highest BCUT2D eigenvalue weighted by Crippen LogP contribution is 2.08. The Morgan fingerprint density at radius 1 is 1.64 bits per heavy atom. The lowest BCUT2D eigenvalue weighted by Gasteiger charge is -1.99. The number of hydrogen-bond acceptors (Lipinski definition) is 2. The first-order valence-corrected chi connectivity index (χ1v) is 3.89. The first-order valence-electron chi connectivity index (χ1n) is 3.51. The van der Waals surface area contributed by atoms with Gasteiger partial charge in [0.1, 0.15) is 0 Å². The molecular formula is C8H10ClNO. The summed E-state index contributed by atoms with van der Waals surface area (Å²) < 4.78 is 5.15. The molecule has 0 saturated carbocycles. The van der Waals surface area contributed by atoms with Gasteiger partial charge in [-0.2, -0.15) is 0 Å². The summed E-state index contributed by atoms with van der Waals surface area (Å²) in [5.41, 5.74) is 0.874. The average Bonchev–Trinajstić information content (AvgIpc) is 2.01. The summed E-state index contributed by atoms with van der Waals surface area (Å²) in [5.74, 6) is 0. The number of nitrogens with zero attached hydrogens (tertiary/aromatic N) is 1. The zero-order valence-electron chi connectivity index (χ0n) is 6.38. The van der Waals surface area contributed by atoms with E-state index in [2.05, 4.69) is 4.98 Å². The Bertz CT molecular complexity index is 227. The van der Waals surface area contributed by atoms with Crippen LogP contribution in [0.3, 0.4) is 0 Å². The quantitative estimate of drug-likeness (QED) is 0.696. The fraction of sp³-hybridized carbons (Fsp3) is 0.375. The Labute approximate surface area is 71.2 Å². The Balaban J connectivity index is 2.56. The zero-order chi connectivity index (χ0) is 8.10. The van der Waals surface area contributed by atoms with Crippen LogP contribution < -0.4 is 0 Å². The fourth-order valence-electron chi connectivity index (χ4n) is 0.734. The van der Waals surface area contributed by atoms with Gasteiger partial charge in [-0.15, -0.1) is 0 Å². The molecule has 60 valence electrons. The molecule has 0 bridgehead atoms. The van der Waals surface area contributed by atoms with Crippen LogP contribution in [-0.2, 0) is 11.3 Å². The van der Waals surface area contributed by atoms with E-state index in [-0.39, 0.29) is 0 Å². The second-order valence-corrected chi connectivity index (χ2v) is 2.54. The van der Waals surface area contributed by atoms with E-state index in [1.807, 2.05) is 6.92 Å². The van der Waals surface area contributed by atoms with Gasteiger partial charge in [0.25, 0.3) is 0 Å². The van der Waals surface area contributed by atoms with Gasteiger partial charge in [-0.25, -0.2) is 0 Å². The predicted molar refractivity (Wildman–Crippen MR) is 44.6 cm³/mol. The van der Waals surface area contributed by atoms with Crippen molar-refractivity contribution < 1.29 is 4.74 Å². The van der Waals surface area contributed by atoms with E-state index >= 15 is 0 Å². The number of hydrogen-bond donors (Lipinski definition) is 0. The predicted octanol–water partition coefficient (Wildman–Crippen LogP) is 2.27. The van der Waals surface area contributed by atoms with Crippen LogP contribution in [0.4, 0.5) is 0 Å². The van der Waals surface area contributed by atoms with Crippen LogP contribution in [-0.4, -0.2) is 11.6 Å². The third-order valence-electron chi connectivity index (χ3n) is 1.23. The van der Waals surface area contributed by atoms with Gasteiger partial charge in [0, 0.05) is 17.8 Å². The zero-order valence-corrected chi connectivity index (χ0v) is 7.14. The number of ether oxygens (including phenoxy) is 1. The van der Waals surface area contributed by atoms with Crippen molar-refractivity contribution >= 4 is 11.6 Å². The highest BCUT2D eigenvalue weighted by Gasteiger charge is 1.93. The molecule has 0 saturated heterocycles. The monoisotopic (exact) mass is 171 g/mol. The van der Waals surface area contributed by atoms with Crippen LogP contribution in [0.1, 0.15) is 12.6 Å². The van der Waals surface area contributed by atoms with Crippen molar-refractivity contribution in [2.24, 2.45) is 0 Å². The molecule has 0 atom stereocenters. The summed E-state index contributed by atoms with van der Waals surface area (Å²) in [6, 6.07) is 3.55. The molecular weight excluding hydrogens is 162 g/mol. The Kier molecular flexibility index (Phi) is 3.33. The third-order valence-corrected chi connectivity index (χ3v) is 1.47. The van der Waals surface area contributed by atoms with Gasteiger partial charge < -0.3 is 4.74 Å². The molecule has 0 aliphatic carbocycles. The molecule has 0 unspecified atom stereocenters. The lowest BCUT2D eigenvalue weighted by Crippen LogP contribution is -1.93. The molecule has 0 N–H and O–H groups in total. The number of pyridine rings is 1. The largest absolute Gasteiger partial charge is 0.375 e. The summed E-state index contributed by atoms with van der Waals surface area (Å²) in [5, 5.41) is 0.703. The van der Waals surface area contributed by atoms with Gasteiger partial charge >= 0.3 is 0 Å². The first-order chi connectivity index (χ1) is 5.33. The van der Waals surface area contributed by atoms with Crippen molar-refractivity contribution in [3.8, 4) is 0 Å². The highest BCUT2D eigenvalue weighted by molar-refractivity contribution is 6.30. The standard InChI is InChI=1S/C8H10ClNO/c1-2-11-6-8-5-7(9)3-4-10-8/h3-5H,2,6H2,1H3. The number of halogens is 1. The lowest BCUT2D eigenvalue weighted by atomic mass is 10.4. The van der Waals surface area contributed by atoms with Crippen molar-refractivity contribution in [1.82, 2.24) is 4.98 Å². The molecule has 0 spiro atoms. The van der Waals surface area contributed by atoms with E-state index in [9.17, 15) is 0 Å². The van der Waals surface area contributed by atoms with E-state index in [4.69, 9.17) is 16.3 Å². The lowest BCUT2D eigenvalue weighted by molar-refractivity contribution is 0.131. The van der Waals surface area contributed by atoms with Crippen LogP contribution in [0.2, 0.25) is 5.02 Å². The molecule has 0 aliphatic heterocycles. The van der Waals surface area contributed by atoms with Crippen molar-refractivity contribution in [3.63, 3.8) is 0 Å². The van der Waals surface area contributed by atoms with Crippen molar-refractivity contribution in [1.29, 1.82) is 0 Å². The van der Waals surface area contributed by atoms with Crippen LogP contribution >= 0.6 is 11.6 Å². The third kappa shape index (κ3) is 2.87. The minimum Gasteiger partial charge on any atom is -0.375 e. The summed E-state index contributed by atoms with van der Waals surface area (Å²) in [6.45, 7) is 3.19. The molecule has 0 aromatic carbocycles. The van der Waals surface area contributed by atoms with Gasteiger partial charge in [0.05, 0.1) is 12.3 Å². The van der Waals surface area contributed by atoms with Gasteiger partial charge in [-0.05, 0) is 19.1 Å². The van der Waals surface area contributed by atoms with E-state index < -0.39 is 0 Å². The molecule has 1 aromatic rings. The molecule has 0 aliphatic rings. The molecule has 1 heterocycles. The molecule has 3 heteroatoms. The normalized spacial score (nSPS) is 10.0. The van der Waals surface area contributed by atoms with E-state index in [1.165, 1.54) is 0 Å². The highest BCUT2D eigenvalue weighted by atomic mass is 35.5. The van der Waals surface area contributed by atoms with Crippen molar-refractivity contribution in [3.05, 3.63) is 29.0 Å². The number of aromatic nitrogens is 1. The van der Waals surface area contributed by atoms with Gasteiger partial charge in [0.2, 0.25) is 0 Å². The topological polar surface area (TPSA) is 22.1 Å². The molecule has 0 radical (unpaired) electrons. The van der Waals surface area contributed by atoms with Crippen LogP contribution in [0.5, 0.6) is 0 Å². The Morgan fingerprint density at radius 2 is 2.45 bits per heavy atom. The fourth-order valence-corrected chi connectivity index (χ4v) is 0.917. The molecule has 1 aromatic heterocycles. The minimum absolute atomic E-state index is 0.539. The maximum absolute atomic E-state index is 5.73.